The maximum absolute atomic E-state index is 13.2. The van der Waals surface area contributed by atoms with E-state index in [9.17, 15) is 19.8 Å². The van der Waals surface area contributed by atoms with Crippen molar-refractivity contribution in [1.29, 1.82) is 0 Å². The van der Waals surface area contributed by atoms with E-state index in [0.717, 1.165) is 21.8 Å². The van der Waals surface area contributed by atoms with Crippen molar-refractivity contribution in [1.82, 2.24) is 0 Å². The van der Waals surface area contributed by atoms with Crippen LogP contribution in [-0.4, -0.2) is 38.7 Å². The number of benzene rings is 3. The van der Waals surface area contributed by atoms with E-state index in [1.807, 2.05) is 12.1 Å². The Hall–Kier alpha value is -3.63. The number of hydrogen-bond acceptors (Lipinski definition) is 7. The third-order valence-electron chi connectivity index (χ3n) is 4.78. The molecule has 34 heavy (non-hydrogen) atoms. The maximum Gasteiger partial charge on any atom is 0.247 e. The first-order valence-electron chi connectivity index (χ1n) is 10.1. The van der Waals surface area contributed by atoms with Crippen LogP contribution in [-0.2, 0) is 9.59 Å². The highest BCUT2D eigenvalue weighted by atomic mass is 79.9. The summed E-state index contributed by atoms with van der Waals surface area (Å²) in [6.45, 7) is 0. The van der Waals surface area contributed by atoms with Gasteiger partial charge in [0.2, 0.25) is 11.8 Å². The van der Waals surface area contributed by atoms with Gasteiger partial charge < -0.3 is 15.5 Å². The van der Waals surface area contributed by atoms with Gasteiger partial charge >= 0.3 is 0 Å². The van der Waals surface area contributed by atoms with Crippen molar-refractivity contribution in [3.63, 3.8) is 0 Å². The van der Waals surface area contributed by atoms with Gasteiger partial charge in [0.15, 0.2) is 5.17 Å². The molecule has 1 atom stereocenters. The number of phenols is 2. The van der Waals surface area contributed by atoms with Crippen molar-refractivity contribution in [2.24, 2.45) is 10.2 Å². The molecule has 8 nitrogen and oxygen atoms in total. The summed E-state index contributed by atoms with van der Waals surface area (Å²) in [5.41, 5.74) is 1.86. The molecule has 3 aromatic carbocycles. The first kappa shape index (κ1) is 23.5. The van der Waals surface area contributed by atoms with Gasteiger partial charge in [-0.05, 0) is 78.4 Å². The number of nitrogens with one attached hydrogen (secondary N) is 1. The lowest BCUT2D eigenvalue weighted by molar-refractivity contribution is -0.121. The van der Waals surface area contributed by atoms with Crippen LogP contribution < -0.4 is 10.2 Å². The molecule has 0 bridgehead atoms. The number of carbonyl (C=O) groups excluding carboxylic acids is 2. The van der Waals surface area contributed by atoms with Crippen LogP contribution in [0, 0.1) is 0 Å². The normalized spacial score (nSPS) is 17.0. The molecule has 0 radical (unpaired) electrons. The molecule has 1 unspecified atom stereocenters. The predicted molar refractivity (Wildman–Crippen MR) is 137 cm³/mol. The number of thioether (sulfide) groups is 1. The topological polar surface area (TPSA) is 115 Å². The standard InChI is InChI=1S/C24H19BrN4O4S/c25-16-3-5-17(6-4-16)27-22(32)13-21-23(33)29(18-7-11-20(31)12-8-18)24(34-21)28-26-14-15-1-9-19(30)10-2-15/h1-12,14,21,30-31H,13H2,(H,27,32). The van der Waals surface area contributed by atoms with Crippen molar-refractivity contribution < 1.29 is 19.8 Å². The van der Waals surface area contributed by atoms with Gasteiger partial charge in [-0.3, -0.25) is 14.5 Å². The summed E-state index contributed by atoms with van der Waals surface area (Å²) >= 11 is 4.50. The molecule has 4 rings (SSSR count). The van der Waals surface area contributed by atoms with Crippen LogP contribution in [0.3, 0.4) is 0 Å². The van der Waals surface area contributed by atoms with Crippen molar-refractivity contribution in [3.05, 3.63) is 82.8 Å². The first-order valence-corrected chi connectivity index (χ1v) is 11.8. The third kappa shape index (κ3) is 5.83. The SMILES string of the molecule is O=C(CC1SC(=NN=Cc2ccc(O)cc2)N(c2ccc(O)cc2)C1=O)Nc1ccc(Br)cc1. The van der Waals surface area contributed by atoms with Crippen molar-refractivity contribution in [3.8, 4) is 11.5 Å². The number of phenolic OH excluding ortho intramolecular Hbond substituents is 2. The van der Waals surface area contributed by atoms with Gasteiger partial charge in [0.1, 0.15) is 16.7 Å². The highest BCUT2D eigenvalue weighted by Crippen LogP contribution is 2.34. The zero-order valence-corrected chi connectivity index (χ0v) is 20.0. The fourth-order valence-electron chi connectivity index (χ4n) is 3.12. The minimum absolute atomic E-state index is 0.0468. The molecule has 1 aliphatic rings. The average molecular weight is 539 g/mol. The van der Waals surface area contributed by atoms with E-state index in [0.29, 0.717) is 16.5 Å². The summed E-state index contributed by atoms with van der Waals surface area (Å²) in [6, 6.07) is 19.7. The Morgan fingerprint density at radius 3 is 2.26 bits per heavy atom. The second kappa shape index (κ2) is 10.5. The van der Waals surface area contributed by atoms with Crippen molar-refractivity contribution in [2.75, 3.05) is 10.2 Å². The minimum Gasteiger partial charge on any atom is -0.508 e. The zero-order valence-electron chi connectivity index (χ0n) is 17.6. The molecule has 3 aromatic rings. The van der Waals surface area contributed by atoms with E-state index in [1.54, 1.807) is 36.4 Å². The van der Waals surface area contributed by atoms with Gasteiger partial charge in [-0.1, -0.05) is 27.7 Å². The number of amidine groups is 1. The average Bonchev–Trinajstić information content (AvgIpc) is 3.12. The molecule has 2 amide bonds. The zero-order chi connectivity index (χ0) is 24.1. The molecule has 3 N–H and O–H groups in total. The second-order valence-corrected chi connectivity index (χ2v) is 9.36. The third-order valence-corrected chi connectivity index (χ3v) is 6.44. The van der Waals surface area contributed by atoms with Crippen LogP contribution >= 0.6 is 27.7 Å². The van der Waals surface area contributed by atoms with E-state index in [-0.39, 0.29) is 29.7 Å². The van der Waals surface area contributed by atoms with Crippen LogP contribution in [0.25, 0.3) is 0 Å². The monoisotopic (exact) mass is 538 g/mol. The number of aromatic hydroxyl groups is 2. The number of nitrogens with zero attached hydrogens (tertiary/aromatic N) is 3. The van der Waals surface area contributed by atoms with Crippen molar-refractivity contribution >= 4 is 62.3 Å². The van der Waals surface area contributed by atoms with E-state index in [1.165, 1.54) is 35.4 Å². The second-order valence-electron chi connectivity index (χ2n) is 7.27. The maximum atomic E-state index is 13.2. The number of halogens is 1. The van der Waals surface area contributed by atoms with Crippen LogP contribution in [0.4, 0.5) is 11.4 Å². The molecule has 0 saturated carbocycles. The predicted octanol–water partition coefficient (Wildman–Crippen LogP) is 4.73. The summed E-state index contributed by atoms with van der Waals surface area (Å²) in [5.74, 6) is -0.395. The van der Waals surface area contributed by atoms with Crippen LogP contribution in [0.2, 0.25) is 0 Å². The molecular formula is C24H19BrN4O4S. The number of amides is 2. The van der Waals surface area contributed by atoms with E-state index in [4.69, 9.17) is 0 Å². The number of rotatable bonds is 6. The smallest absolute Gasteiger partial charge is 0.247 e. The molecular weight excluding hydrogens is 520 g/mol. The Labute approximate surface area is 208 Å². The molecule has 10 heteroatoms. The van der Waals surface area contributed by atoms with E-state index in [2.05, 4.69) is 31.4 Å². The molecule has 1 saturated heterocycles. The summed E-state index contributed by atoms with van der Waals surface area (Å²) in [5, 5.41) is 29.7. The molecule has 1 heterocycles. The van der Waals surface area contributed by atoms with Gasteiger partial charge in [-0.15, -0.1) is 5.10 Å². The van der Waals surface area contributed by atoms with Gasteiger partial charge in [0, 0.05) is 16.6 Å². The number of carbonyl (C=O) groups is 2. The Balaban J connectivity index is 1.53. The lowest BCUT2D eigenvalue weighted by Gasteiger charge is -2.16. The molecule has 1 aliphatic heterocycles. The van der Waals surface area contributed by atoms with Crippen LogP contribution in [0.5, 0.6) is 11.5 Å². The fourth-order valence-corrected chi connectivity index (χ4v) is 4.48. The summed E-state index contributed by atoms with van der Waals surface area (Å²) in [7, 11) is 0. The molecule has 0 spiro atoms. The van der Waals surface area contributed by atoms with E-state index >= 15 is 0 Å². The Morgan fingerprint density at radius 1 is 1.00 bits per heavy atom. The highest BCUT2D eigenvalue weighted by Gasteiger charge is 2.40. The molecule has 1 fully saturated rings. The van der Waals surface area contributed by atoms with Crippen LogP contribution in [0.15, 0.2) is 87.5 Å². The largest absolute Gasteiger partial charge is 0.508 e. The van der Waals surface area contributed by atoms with Crippen LogP contribution in [0.1, 0.15) is 12.0 Å². The van der Waals surface area contributed by atoms with Gasteiger partial charge in [0.05, 0.1) is 11.9 Å². The first-order chi connectivity index (χ1) is 16.4. The van der Waals surface area contributed by atoms with E-state index < -0.39 is 5.25 Å². The Bertz CT molecular complexity index is 1250. The lowest BCUT2D eigenvalue weighted by atomic mass is 10.2. The fraction of sp³-hybridized carbons (Fsp3) is 0.0833. The quantitative estimate of drug-likeness (QED) is 0.310. The summed E-state index contributed by atoms with van der Waals surface area (Å²) < 4.78 is 0.894. The Morgan fingerprint density at radius 2 is 1.62 bits per heavy atom. The van der Waals surface area contributed by atoms with Gasteiger partial charge in [-0.2, -0.15) is 5.10 Å². The molecule has 0 aromatic heterocycles. The van der Waals surface area contributed by atoms with Gasteiger partial charge in [0.25, 0.3) is 0 Å². The number of anilines is 2. The molecule has 0 aliphatic carbocycles. The minimum atomic E-state index is -0.688. The highest BCUT2D eigenvalue weighted by molar-refractivity contribution is 9.10. The summed E-state index contributed by atoms with van der Waals surface area (Å²) in [4.78, 5) is 27.2. The molecule has 172 valence electrons. The van der Waals surface area contributed by atoms with Crippen molar-refractivity contribution in [2.45, 2.75) is 11.7 Å². The number of hydrogen-bond donors (Lipinski definition) is 3. The Kier molecular flexibility index (Phi) is 7.29. The van der Waals surface area contributed by atoms with Gasteiger partial charge in [-0.25, -0.2) is 0 Å². The lowest BCUT2D eigenvalue weighted by Crippen LogP contribution is -2.33. The summed E-state index contributed by atoms with van der Waals surface area (Å²) in [6.07, 6.45) is 1.45.